The molecule has 0 radical (unpaired) electrons. The number of nitrogens with one attached hydrogen (secondary N) is 1. The lowest BCUT2D eigenvalue weighted by Crippen LogP contribution is -2.48. The van der Waals surface area contributed by atoms with Crippen LogP contribution in [-0.2, 0) is 23.9 Å². The lowest BCUT2D eigenvalue weighted by molar-refractivity contribution is -0.148. The van der Waals surface area contributed by atoms with Crippen LogP contribution in [0.5, 0.6) is 0 Å². The Hall–Kier alpha value is -1.43. The molecule has 1 fully saturated rings. The molecule has 0 aromatic rings. The van der Waals surface area contributed by atoms with E-state index in [0.717, 1.165) is 12.8 Å². The molecular weight excluding hydrogens is 238 g/mol. The van der Waals surface area contributed by atoms with E-state index >= 15 is 0 Å². The molecule has 0 aliphatic heterocycles. The molecule has 1 aliphatic carbocycles. The monoisotopic (exact) mass is 257 g/mol. The largest absolute Gasteiger partial charge is 0.467 e. The van der Waals surface area contributed by atoms with E-state index in [1.165, 1.54) is 14.2 Å². The van der Waals surface area contributed by atoms with Crippen molar-refractivity contribution in [3.05, 3.63) is 0 Å². The first-order valence-electron chi connectivity index (χ1n) is 5.96. The number of amides is 1. The first kappa shape index (κ1) is 14.6. The molecule has 6 heteroatoms. The normalized spacial score (nSPS) is 21.2. The van der Waals surface area contributed by atoms with Crippen LogP contribution in [0.25, 0.3) is 0 Å². The van der Waals surface area contributed by atoms with Gasteiger partial charge < -0.3 is 14.8 Å². The fraction of sp³-hybridized carbons (Fsp3) is 0.750. The maximum Gasteiger partial charge on any atom is 0.328 e. The van der Waals surface area contributed by atoms with Crippen LogP contribution in [0.3, 0.4) is 0 Å². The second-order valence-corrected chi connectivity index (χ2v) is 4.40. The number of ketones is 1. The van der Waals surface area contributed by atoms with Crippen LogP contribution >= 0.6 is 0 Å². The maximum absolute atomic E-state index is 11.7. The van der Waals surface area contributed by atoms with E-state index in [1.807, 2.05) is 0 Å². The Bertz CT molecular complexity index is 328. The molecule has 102 valence electrons. The number of hydrogen-bond donors (Lipinski definition) is 1. The first-order valence-corrected chi connectivity index (χ1v) is 5.96. The number of methoxy groups -OCH3 is 2. The molecule has 0 unspecified atom stereocenters. The molecule has 18 heavy (non-hydrogen) atoms. The third kappa shape index (κ3) is 4.10. The zero-order valence-electron chi connectivity index (χ0n) is 10.7. The van der Waals surface area contributed by atoms with Gasteiger partial charge in [-0.15, -0.1) is 0 Å². The molecule has 0 bridgehead atoms. The van der Waals surface area contributed by atoms with E-state index in [1.54, 1.807) is 0 Å². The van der Waals surface area contributed by atoms with Crippen LogP contribution in [0.4, 0.5) is 0 Å². The van der Waals surface area contributed by atoms with Crippen molar-refractivity contribution >= 4 is 17.7 Å². The van der Waals surface area contributed by atoms with Gasteiger partial charge >= 0.3 is 5.97 Å². The summed E-state index contributed by atoms with van der Waals surface area (Å²) in [4.78, 5) is 34.5. The highest BCUT2D eigenvalue weighted by molar-refractivity contribution is 5.86. The van der Waals surface area contributed by atoms with Crippen molar-refractivity contribution < 1.29 is 23.9 Å². The number of carbonyl (C=O) groups excluding carboxylic acids is 3. The topological polar surface area (TPSA) is 81.7 Å². The minimum atomic E-state index is -0.762. The van der Waals surface area contributed by atoms with Gasteiger partial charge in [-0.1, -0.05) is 0 Å². The molecule has 0 saturated heterocycles. The molecule has 1 saturated carbocycles. The molecule has 0 aromatic heterocycles. The van der Waals surface area contributed by atoms with Crippen LogP contribution in [0, 0.1) is 5.92 Å². The number of carbonyl (C=O) groups is 3. The SMILES string of the molecule is COCC(=O)N[C@H](C(=O)OC)[C@@H]1CCCC(=O)C1. The summed E-state index contributed by atoms with van der Waals surface area (Å²) in [5.74, 6) is -0.953. The molecular formula is C12H19NO5. The van der Waals surface area contributed by atoms with Crippen molar-refractivity contribution in [2.24, 2.45) is 5.92 Å². The number of hydrogen-bond acceptors (Lipinski definition) is 5. The predicted octanol–water partition coefficient (Wildman–Crippen LogP) is 0.0499. The van der Waals surface area contributed by atoms with E-state index in [4.69, 9.17) is 4.74 Å². The van der Waals surface area contributed by atoms with Crippen molar-refractivity contribution in [1.82, 2.24) is 5.32 Å². The van der Waals surface area contributed by atoms with E-state index in [-0.39, 0.29) is 24.2 Å². The van der Waals surface area contributed by atoms with Gasteiger partial charge in [0.05, 0.1) is 7.11 Å². The number of Topliss-reactive ketones (excluding diaryl/α,β-unsaturated/α-hetero) is 1. The summed E-state index contributed by atoms with van der Waals surface area (Å²) in [6, 6.07) is -0.762. The minimum Gasteiger partial charge on any atom is -0.467 e. The van der Waals surface area contributed by atoms with Crippen LogP contribution in [0.2, 0.25) is 0 Å². The summed E-state index contributed by atoms with van der Waals surface area (Å²) in [7, 11) is 2.67. The number of rotatable bonds is 5. The van der Waals surface area contributed by atoms with Crippen LogP contribution in [0.1, 0.15) is 25.7 Å². The molecule has 6 nitrogen and oxygen atoms in total. The lowest BCUT2D eigenvalue weighted by Gasteiger charge is -2.28. The lowest BCUT2D eigenvalue weighted by atomic mass is 9.83. The number of esters is 1. The van der Waals surface area contributed by atoms with Crippen molar-refractivity contribution in [3.8, 4) is 0 Å². The molecule has 0 heterocycles. The third-order valence-electron chi connectivity index (χ3n) is 3.04. The minimum absolute atomic E-state index is 0.117. The molecule has 2 atom stereocenters. The van der Waals surface area contributed by atoms with Gasteiger partial charge in [0.15, 0.2) is 0 Å². The Morgan fingerprint density at radius 2 is 2.17 bits per heavy atom. The van der Waals surface area contributed by atoms with Gasteiger partial charge in [-0.3, -0.25) is 9.59 Å². The second-order valence-electron chi connectivity index (χ2n) is 4.40. The van der Waals surface area contributed by atoms with Crippen molar-refractivity contribution in [1.29, 1.82) is 0 Å². The zero-order valence-corrected chi connectivity index (χ0v) is 10.7. The van der Waals surface area contributed by atoms with E-state index < -0.39 is 12.0 Å². The quantitative estimate of drug-likeness (QED) is 0.704. The Morgan fingerprint density at radius 1 is 1.44 bits per heavy atom. The van der Waals surface area contributed by atoms with Gasteiger partial charge in [-0.2, -0.15) is 0 Å². The molecule has 1 aliphatic rings. The predicted molar refractivity (Wildman–Crippen MR) is 62.8 cm³/mol. The molecule has 0 aromatic carbocycles. The summed E-state index contributed by atoms with van der Waals surface area (Å²) in [6.07, 6.45) is 2.35. The fourth-order valence-corrected chi connectivity index (χ4v) is 2.18. The van der Waals surface area contributed by atoms with Gasteiger partial charge in [0.2, 0.25) is 5.91 Å². The van der Waals surface area contributed by atoms with Crippen molar-refractivity contribution in [2.75, 3.05) is 20.8 Å². The molecule has 1 amide bonds. The van der Waals surface area contributed by atoms with E-state index in [0.29, 0.717) is 12.8 Å². The Balaban J connectivity index is 2.68. The van der Waals surface area contributed by atoms with Gasteiger partial charge in [-0.25, -0.2) is 4.79 Å². The standard InChI is InChI=1S/C12H19NO5/c1-17-7-10(15)13-11(12(16)18-2)8-4-3-5-9(14)6-8/h8,11H,3-7H2,1-2H3,(H,13,15)/t8-,11+/m1/s1. The molecule has 0 spiro atoms. The van der Waals surface area contributed by atoms with Crippen LogP contribution in [-0.4, -0.2) is 44.5 Å². The highest BCUT2D eigenvalue weighted by atomic mass is 16.5. The average Bonchev–Trinajstić information content (AvgIpc) is 2.35. The Labute approximate surface area is 106 Å². The van der Waals surface area contributed by atoms with Gasteiger partial charge in [-0.05, 0) is 18.8 Å². The van der Waals surface area contributed by atoms with Crippen LogP contribution < -0.4 is 5.32 Å². The highest BCUT2D eigenvalue weighted by Crippen LogP contribution is 2.25. The second kappa shape index (κ2) is 7.10. The van der Waals surface area contributed by atoms with E-state index in [2.05, 4.69) is 10.1 Å². The van der Waals surface area contributed by atoms with Crippen LogP contribution in [0.15, 0.2) is 0 Å². The summed E-state index contributed by atoms with van der Waals surface area (Å²) >= 11 is 0. The smallest absolute Gasteiger partial charge is 0.328 e. The van der Waals surface area contributed by atoms with Gasteiger partial charge in [0.25, 0.3) is 0 Å². The maximum atomic E-state index is 11.7. The first-order chi connectivity index (χ1) is 8.58. The molecule has 1 N–H and O–H groups in total. The molecule has 1 rings (SSSR count). The van der Waals surface area contributed by atoms with E-state index in [9.17, 15) is 14.4 Å². The van der Waals surface area contributed by atoms with Crippen molar-refractivity contribution in [3.63, 3.8) is 0 Å². The summed E-state index contributed by atoms with van der Waals surface area (Å²) in [6.45, 7) is -0.117. The van der Waals surface area contributed by atoms with Gasteiger partial charge in [0, 0.05) is 20.0 Å². The Kier molecular flexibility index (Phi) is 5.77. The average molecular weight is 257 g/mol. The summed E-state index contributed by atoms with van der Waals surface area (Å²) < 4.78 is 9.37. The summed E-state index contributed by atoms with van der Waals surface area (Å²) in [5.41, 5.74) is 0. The summed E-state index contributed by atoms with van der Waals surface area (Å²) in [5, 5.41) is 2.57. The number of ether oxygens (including phenoxy) is 2. The van der Waals surface area contributed by atoms with Crippen molar-refractivity contribution in [2.45, 2.75) is 31.7 Å². The Morgan fingerprint density at radius 3 is 2.72 bits per heavy atom. The highest BCUT2D eigenvalue weighted by Gasteiger charge is 2.33. The third-order valence-corrected chi connectivity index (χ3v) is 3.04. The zero-order chi connectivity index (χ0) is 13.5. The fourth-order valence-electron chi connectivity index (χ4n) is 2.18. The van der Waals surface area contributed by atoms with Gasteiger partial charge in [0.1, 0.15) is 18.4 Å².